The molecule has 4 aromatic rings. The number of rotatable bonds is 7. The van der Waals surface area contributed by atoms with Crippen molar-refractivity contribution in [2.75, 3.05) is 6.26 Å². The zero-order chi connectivity index (χ0) is 24.9. The number of hydrogen-bond acceptors (Lipinski definition) is 3. The van der Waals surface area contributed by atoms with Gasteiger partial charge in [-0.25, -0.2) is 8.42 Å². The number of nitrogens with zero attached hydrogens (tertiary/aromatic N) is 1. The zero-order valence-corrected chi connectivity index (χ0v) is 20.9. The van der Waals surface area contributed by atoms with E-state index in [2.05, 4.69) is 0 Å². The van der Waals surface area contributed by atoms with Gasteiger partial charge in [-0.3, -0.25) is 9.10 Å². The summed E-state index contributed by atoms with van der Waals surface area (Å²) < 4.78 is 28.1. The van der Waals surface area contributed by atoms with Gasteiger partial charge in [0.15, 0.2) is 5.78 Å². The molecule has 0 unspecified atom stereocenters. The van der Waals surface area contributed by atoms with Gasteiger partial charge in [-0.1, -0.05) is 97.1 Å². The Balaban J connectivity index is 1.52. The van der Waals surface area contributed by atoms with Gasteiger partial charge in [-0.2, -0.15) is 0 Å². The highest BCUT2D eigenvalue weighted by atomic mass is 32.2. The Bertz CT molecular complexity index is 1600. The standard InChI is InChI=1S/C31H27NO3S/c1-36(34,35)32(21-22-10-4-2-5-11-22)29-28(24-13-6-3-7-14-24)27-19-31(29,20-27)30(33)26-17-16-23-12-8-9-15-25(23)18-26/h2-18,27H,19-21H2,1H3. The van der Waals surface area contributed by atoms with E-state index in [1.165, 1.54) is 10.6 Å². The van der Waals surface area contributed by atoms with E-state index in [1.54, 1.807) is 0 Å². The minimum atomic E-state index is -3.66. The summed E-state index contributed by atoms with van der Waals surface area (Å²) in [5.74, 6) is 0.166. The molecule has 1 fully saturated rings. The van der Waals surface area contributed by atoms with Gasteiger partial charge in [-0.05, 0) is 52.3 Å². The summed E-state index contributed by atoms with van der Waals surface area (Å²) in [6.45, 7) is 0.199. The van der Waals surface area contributed by atoms with Crippen molar-refractivity contribution in [2.45, 2.75) is 19.4 Å². The number of carbonyl (C=O) groups is 1. The minimum absolute atomic E-state index is 0.00662. The van der Waals surface area contributed by atoms with Crippen LogP contribution in [0.1, 0.15) is 34.3 Å². The number of sulfonamides is 1. The van der Waals surface area contributed by atoms with E-state index in [0.717, 1.165) is 27.5 Å². The maximum Gasteiger partial charge on any atom is 0.232 e. The predicted octanol–water partition coefficient (Wildman–Crippen LogP) is 6.31. The van der Waals surface area contributed by atoms with Gasteiger partial charge in [-0.15, -0.1) is 0 Å². The minimum Gasteiger partial charge on any atom is -0.293 e. The topological polar surface area (TPSA) is 54.5 Å². The summed E-state index contributed by atoms with van der Waals surface area (Å²) in [4.78, 5) is 14.3. The first-order valence-corrected chi connectivity index (χ1v) is 14.1. The molecule has 0 amide bonds. The molecule has 0 saturated heterocycles. The average molecular weight is 494 g/mol. The van der Waals surface area contributed by atoms with Gasteiger partial charge in [0.25, 0.3) is 0 Å². The van der Waals surface area contributed by atoms with Gasteiger partial charge >= 0.3 is 0 Å². The molecule has 3 aliphatic carbocycles. The number of carbonyl (C=O) groups excluding carboxylic acids is 1. The fourth-order valence-electron chi connectivity index (χ4n) is 6.00. The molecule has 0 heterocycles. The van der Waals surface area contributed by atoms with Crippen LogP contribution < -0.4 is 0 Å². The molecule has 3 aliphatic rings. The lowest BCUT2D eigenvalue weighted by molar-refractivity contribution is 0.0649. The summed E-state index contributed by atoms with van der Waals surface area (Å²) in [6.07, 6.45) is 2.52. The van der Waals surface area contributed by atoms with Crippen LogP contribution in [0.4, 0.5) is 0 Å². The summed E-state index contributed by atoms with van der Waals surface area (Å²) in [5, 5.41) is 2.08. The number of ketones is 1. The maximum atomic E-state index is 14.3. The predicted molar refractivity (Wildman–Crippen MR) is 144 cm³/mol. The number of Topliss-reactive ketones (excluding diaryl/α,β-unsaturated/α-hetero) is 1. The van der Waals surface area contributed by atoms with Gasteiger partial charge in [0, 0.05) is 11.3 Å². The smallest absolute Gasteiger partial charge is 0.232 e. The SMILES string of the molecule is CS(=O)(=O)N(Cc1ccccc1)C1=C(c2ccccc2)C2CC1(C(=O)c1ccc3ccccc3c1)C2. The van der Waals surface area contributed by atoms with Crippen molar-refractivity contribution in [1.82, 2.24) is 4.31 Å². The quantitative estimate of drug-likeness (QED) is 0.284. The van der Waals surface area contributed by atoms with Gasteiger partial charge in [0.2, 0.25) is 10.0 Å². The number of fused-ring (bicyclic) bond motifs is 1. The molecular weight excluding hydrogens is 466 g/mol. The van der Waals surface area contributed by atoms with Crippen molar-refractivity contribution in [3.63, 3.8) is 0 Å². The molecule has 0 aliphatic heterocycles. The third-order valence-electron chi connectivity index (χ3n) is 7.66. The Morgan fingerprint density at radius 1 is 0.833 bits per heavy atom. The molecule has 180 valence electrons. The van der Waals surface area contributed by atoms with Crippen LogP contribution in [0.3, 0.4) is 0 Å². The summed E-state index contributed by atoms with van der Waals surface area (Å²) in [5.41, 5.74) is 3.31. The van der Waals surface area contributed by atoms with E-state index < -0.39 is 15.4 Å². The van der Waals surface area contributed by atoms with E-state index >= 15 is 0 Å². The maximum absolute atomic E-state index is 14.3. The van der Waals surface area contributed by atoms with E-state index in [1.807, 2.05) is 103 Å². The second-order valence-corrected chi connectivity index (χ2v) is 11.9. The fraction of sp³-hybridized carbons (Fsp3) is 0.194. The van der Waals surface area contributed by atoms with Crippen LogP contribution in [0, 0.1) is 11.3 Å². The van der Waals surface area contributed by atoms with Crippen LogP contribution >= 0.6 is 0 Å². The molecule has 7 rings (SSSR count). The first-order valence-electron chi connectivity index (χ1n) is 12.2. The molecule has 36 heavy (non-hydrogen) atoms. The lowest BCUT2D eigenvalue weighted by Gasteiger charge is -2.42. The summed E-state index contributed by atoms with van der Waals surface area (Å²) in [7, 11) is -3.66. The third kappa shape index (κ3) is 3.66. The van der Waals surface area contributed by atoms with Crippen LogP contribution in [-0.2, 0) is 16.6 Å². The van der Waals surface area contributed by atoms with E-state index in [9.17, 15) is 13.2 Å². The molecule has 0 aromatic heterocycles. The number of hydrogen-bond donors (Lipinski definition) is 0. The molecule has 4 aromatic carbocycles. The van der Waals surface area contributed by atoms with Gasteiger partial charge in [0.05, 0.1) is 18.2 Å². The highest BCUT2D eigenvalue weighted by Crippen LogP contribution is 2.67. The van der Waals surface area contributed by atoms with E-state index in [0.29, 0.717) is 24.1 Å². The van der Waals surface area contributed by atoms with E-state index in [4.69, 9.17) is 0 Å². The van der Waals surface area contributed by atoms with E-state index in [-0.39, 0.29) is 18.2 Å². The van der Waals surface area contributed by atoms with Crippen LogP contribution in [0.25, 0.3) is 16.3 Å². The molecule has 0 radical (unpaired) electrons. The van der Waals surface area contributed by atoms with Crippen LogP contribution in [-0.4, -0.2) is 24.8 Å². The first kappa shape index (κ1) is 22.7. The third-order valence-corrected chi connectivity index (χ3v) is 8.77. The Morgan fingerprint density at radius 2 is 1.44 bits per heavy atom. The van der Waals surface area contributed by atoms with Crippen LogP contribution in [0.5, 0.6) is 0 Å². The number of benzene rings is 4. The molecule has 4 nitrogen and oxygen atoms in total. The number of allylic oxidation sites excluding steroid dienone is 2. The molecule has 5 heteroatoms. The van der Waals surface area contributed by atoms with Crippen molar-refractivity contribution in [3.05, 3.63) is 126 Å². The van der Waals surface area contributed by atoms with Crippen molar-refractivity contribution in [1.29, 1.82) is 0 Å². The van der Waals surface area contributed by atoms with Gasteiger partial charge < -0.3 is 0 Å². The Hall–Kier alpha value is -3.70. The highest BCUT2D eigenvalue weighted by Gasteiger charge is 2.63. The molecular formula is C31H27NO3S. The van der Waals surface area contributed by atoms with Crippen molar-refractivity contribution >= 4 is 32.2 Å². The second kappa shape index (κ2) is 8.45. The lowest BCUT2D eigenvalue weighted by atomic mass is 9.62. The van der Waals surface area contributed by atoms with Crippen LogP contribution in [0.15, 0.2) is 109 Å². The fourth-order valence-corrected chi connectivity index (χ4v) is 6.99. The monoisotopic (exact) mass is 493 g/mol. The molecule has 0 spiro atoms. The molecule has 0 N–H and O–H groups in total. The highest BCUT2D eigenvalue weighted by molar-refractivity contribution is 7.88. The van der Waals surface area contributed by atoms with Gasteiger partial charge in [0.1, 0.15) is 0 Å². The average Bonchev–Trinajstić information content (AvgIpc) is 3.38. The zero-order valence-electron chi connectivity index (χ0n) is 20.1. The largest absolute Gasteiger partial charge is 0.293 e. The Kier molecular flexibility index (Phi) is 5.34. The summed E-state index contributed by atoms with van der Waals surface area (Å²) >= 11 is 0. The van der Waals surface area contributed by atoms with Crippen molar-refractivity contribution < 1.29 is 13.2 Å². The molecule has 0 atom stereocenters. The molecule has 1 saturated carbocycles. The Labute approximate surface area is 211 Å². The molecule has 2 bridgehead atoms. The van der Waals surface area contributed by atoms with Crippen molar-refractivity contribution in [2.24, 2.45) is 11.3 Å². The summed E-state index contributed by atoms with van der Waals surface area (Å²) in [6, 6.07) is 33.3. The lowest BCUT2D eigenvalue weighted by Crippen LogP contribution is -2.45. The Morgan fingerprint density at radius 3 is 2.11 bits per heavy atom. The first-order chi connectivity index (χ1) is 17.4. The van der Waals surface area contributed by atoms with Crippen LogP contribution in [0.2, 0.25) is 0 Å². The normalized spacial score (nSPS) is 20.9. The van der Waals surface area contributed by atoms with Crippen molar-refractivity contribution in [3.8, 4) is 0 Å². The second-order valence-electron chi connectivity index (χ2n) is 9.96.